The second kappa shape index (κ2) is 7.27. The molecule has 2 aromatic heterocycles. The van der Waals surface area contributed by atoms with E-state index in [9.17, 15) is 8.42 Å². The Bertz CT molecular complexity index is 1090. The van der Waals surface area contributed by atoms with Crippen LogP contribution in [0.2, 0.25) is 0 Å². The van der Waals surface area contributed by atoms with E-state index in [2.05, 4.69) is 63.0 Å². The molecule has 0 bridgehead atoms. The number of aromatic amines is 2. The largest absolute Gasteiger partial charge is 0.364 e. The van der Waals surface area contributed by atoms with E-state index in [1.807, 2.05) is 6.07 Å². The number of nitrogens with zero attached hydrogens (tertiary/aromatic N) is 2. The zero-order valence-electron chi connectivity index (χ0n) is 16.6. The van der Waals surface area contributed by atoms with Gasteiger partial charge in [-0.1, -0.05) is 31.8 Å². The van der Waals surface area contributed by atoms with E-state index in [0.717, 1.165) is 11.8 Å². The summed E-state index contributed by atoms with van der Waals surface area (Å²) in [6.07, 6.45) is 2.81. The number of benzene rings is 1. The smallest absolute Gasteiger partial charge is 0.307 e. The minimum absolute atomic E-state index is 0.0484. The van der Waals surface area contributed by atoms with Gasteiger partial charge in [0, 0.05) is 11.7 Å². The zero-order valence-corrected chi connectivity index (χ0v) is 17.4. The maximum Gasteiger partial charge on any atom is 0.307 e. The van der Waals surface area contributed by atoms with Crippen molar-refractivity contribution >= 4 is 44.3 Å². The Hall–Kier alpha value is -2.88. The van der Waals surface area contributed by atoms with Crippen LogP contribution >= 0.6 is 0 Å². The molecule has 0 saturated heterocycles. The molecule has 150 valence electrons. The van der Waals surface area contributed by atoms with Crippen LogP contribution in [0.1, 0.15) is 27.7 Å². The van der Waals surface area contributed by atoms with Crippen molar-refractivity contribution in [2.24, 2.45) is 5.41 Å². The minimum Gasteiger partial charge on any atom is -0.364 e. The van der Waals surface area contributed by atoms with Crippen molar-refractivity contribution in [3.05, 3.63) is 30.6 Å². The van der Waals surface area contributed by atoms with Crippen LogP contribution in [0.5, 0.6) is 0 Å². The number of anilines is 4. The maximum atomic E-state index is 11.4. The molecule has 0 aliphatic heterocycles. The van der Waals surface area contributed by atoms with E-state index in [1.54, 1.807) is 24.5 Å². The number of hydrogen-bond donors (Lipinski definition) is 4. The number of rotatable bonds is 6. The van der Waals surface area contributed by atoms with E-state index in [4.69, 9.17) is 0 Å². The fourth-order valence-corrected chi connectivity index (χ4v) is 3.02. The van der Waals surface area contributed by atoms with E-state index in [1.165, 1.54) is 0 Å². The highest BCUT2D eigenvalue weighted by molar-refractivity contribution is 7.92. The van der Waals surface area contributed by atoms with Crippen LogP contribution in [0.15, 0.2) is 30.6 Å². The van der Waals surface area contributed by atoms with Crippen LogP contribution in [0.3, 0.4) is 0 Å². The summed E-state index contributed by atoms with van der Waals surface area (Å²) in [5.74, 6) is 1.07. The fraction of sp³-hybridized carbons (Fsp3) is 0.389. The quantitative estimate of drug-likeness (QED) is 0.500. The van der Waals surface area contributed by atoms with Crippen molar-refractivity contribution in [2.75, 3.05) is 21.6 Å². The molecule has 0 unspecified atom stereocenters. The number of aromatic nitrogens is 4. The summed E-state index contributed by atoms with van der Waals surface area (Å²) in [4.78, 5) is 15.3. The van der Waals surface area contributed by atoms with Gasteiger partial charge in [-0.25, -0.2) is 13.4 Å². The number of nitrogens with one attached hydrogen (secondary N) is 5. The Morgan fingerprint density at radius 3 is 2.57 bits per heavy atom. The third-order valence-corrected chi connectivity index (χ3v) is 5.02. The third-order valence-electron chi connectivity index (χ3n) is 4.41. The fourth-order valence-electron chi connectivity index (χ4n) is 2.46. The summed E-state index contributed by atoms with van der Waals surface area (Å²) in [6, 6.07) is 7.09. The standard InChI is InChI=1S/C18H25N7O2S/c1-11(18(2,3)4)21-16-14-15(20-10-19-14)23-17(24-16)22-12-7-6-8-13(9-12)25-28(5,26)27/h6-11,25H,1-5H3,(H3,19,20,21,22,23,24)/p+1/t11-/m1/s1. The first-order chi connectivity index (χ1) is 13.0. The Morgan fingerprint density at radius 1 is 1.18 bits per heavy atom. The molecule has 0 aliphatic rings. The molecule has 0 saturated carbocycles. The van der Waals surface area contributed by atoms with Gasteiger partial charge in [0.25, 0.3) is 0 Å². The topological polar surface area (TPSA) is 126 Å². The summed E-state index contributed by atoms with van der Waals surface area (Å²) < 4.78 is 25.3. The summed E-state index contributed by atoms with van der Waals surface area (Å²) >= 11 is 0. The van der Waals surface area contributed by atoms with Gasteiger partial charge in [-0.15, -0.1) is 0 Å². The van der Waals surface area contributed by atoms with Gasteiger partial charge in [-0.3, -0.25) is 9.71 Å². The van der Waals surface area contributed by atoms with Gasteiger partial charge < -0.3 is 10.6 Å². The molecule has 0 amide bonds. The molecular formula is C18H26N7O2S+. The average molecular weight is 405 g/mol. The van der Waals surface area contributed by atoms with Crippen LogP contribution in [0.4, 0.5) is 23.1 Å². The lowest BCUT2D eigenvalue weighted by atomic mass is 9.88. The molecule has 0 radical (unpaired) electrons. The number of H-pyrrole nitrogens is 2. The van der Waals surface area contributed by atoms with Crippen molar-refractivity contribution in [3.8, 4) is 0 Å². The monoisotopic (exact) mass is 404 g/mol. The van der Waals surface area contributed by atoms with E-state index < -0.39 is 10.0 Å². The van der Waals surface area contributed by atoms with Crippen molar-refractivity contribution < 1.29 is 13.4 Å². The van der Waals surface area contributed by atoms with Crippen molar-refractivity contribution in [3.63, 3.8) is 0 Å². The van der Waals surface area contributed by atoms with E-state index in [0.29, 0.717) is 28.8 Å². The second-order valence-electron chi connectivity index (χ2n) is 7.86. The molecule has 0 spiro atoms. The summed E-state index contributed by atoms with van der Waals surface area (Å²) in [7, 11) is -3.35. The molecule has 1 aromatic carbocycles. The summed E-state index contributed by atoms with van der Waals surface area (Å²) in [5, 5.41) is 6.58. The predicted molar refractivity (Wildman–Crippen MR) is 111 cm³/mol. The molecule has 3 aromatic rings. The van der Waals surface area contributed by atoms with Gasteiger partial charge in [0.1, 0.15) is 0 Å². The average Bonchev–Trinajstić information content (AvgIpc) is 3.01. The van der Waals surface area contributed by atoms with Crippen LogP contribution < -0.4 is 20.3 Å². The Kier molecular flexibility index (Phi) is 5.16. The summed E-state index contributed by atoms with van der Waals surface area (Å²) in [5.41, 5.74) is 2.62. The number of sulfonamides is 1. The van der Waals surface area contributed by atoms with Gasteiger partial charge in [-0.05, 0) is 30.5 Å². The first-order valence-electron chi connectivity index (χ1n) is 8.89. The Labute approximate surface area is 164 Å². The van der Waals surface area contributed by atoms with E-state index >= 15 is 0 Å². The molecule has 10 heteroatoms. The van der Waals surface area contributed by atoms with Gasteiger partial charge in [-0.2, -0.15) is 4.98 Å². The third kappa shape index (κ3) is 4.89. The van der Waals surface area contributed by atoms with Crippen molar-refractivity contribution in [2.45, 2.75) is 33.7 Å². The lowest BCUT2D eigenvalue weighted by Crippen LogP contribution is -2.31. The lowest BCUT2D eigenvalue weighted by Gasteiger charge is -2.28. The second-order valence-corrected chi connectivity index (χ2v) is 9.61. The molecule has 3 rings (SSSR count). The molecular weight excluding hydrogens is 378 g/mol. The molecule has 5 N–H and O–H groups in total. The SMILES string of the molecule is C[C@@H](Nc1nc(Nc2cccc(NS(C)(=O)=O)c2)nc2[nH+]c[nH]c12)C(C)(C)C. The van der Waals surface area contributed by atoms with Crippen molar-refractivity contribution in [1.29, 1.82) is 0 Å². The predicted octanol–water partition coefficient (Wildman–Crippen LogP) is 2.73. The number of fused-ring (bicyclic) bond motifs is 1. The first kappa shape index (κ1) is 19.9. The molecule has 28 heavy (non-hydrogen) atoms. The van der Waals surface area contributed by atoms with Crippen LogP contribution in [-0.4, -0.2) is 35.7 Å². The highest BCUT2D eigenvalue weighted by atomic mass is 32.2. The van der Waals surface area contributed by atoms with Crippen LogP contribution in [-0.2, 0) is 10.0 Å². The van der Waals surface area contributed by atoms with Crippen LogP contribution in [0.25, 0.3) is 11.2 Å². The number of hydrogen-bond acceptors (Lipinski definition) is 6. The van der Waals surface area contributed by atoms with Crippen LogP contribution in [0, 0.1) is 5.41 Å². The van der Waals surface area contributed by atoms with Gasteiger partial charge in [0.15, 0.2) is 12.1 Å². The lowest BCUT2D eigenvalue weighted by molar-refractivity contribution is -0.347. The molecule has 9 nitrogen and oxygen atoms in total. The van der Waals surface area contributed by atoms with Crippen molar-refractivity contribution in [1.82, 2.24) is 15.0 Å². The van der Waals surface area contributed by atoms with Gasteiger partial charge in [0.05, 0.1) is 11.9 Å². The first-order valence-corrected chi connectivity index (χ1v) is 10.8. The van der Waals surface area contributed by atoms with Gasteiger partial charge in [0.2, 0.25) is 15.5 Å². The Morgan fingerprint density at radius 2 is 1.89 bits per heavy atom. The normalized spacial score (nSPS) is 13.3. The molecule has 2 heterocycles. The highest BCUT2D eigenvalue weighted by Crippen LogP contribution is 2.26. The highest BCUT2D eigenvalue weighted by Gasteiger charge is 2.23. The maximum absolute atomic E-state index is 11.4. The molecule has 1 atom stereocenters. The molecule has 0 fully saturated rings. The molecule has 0 aliphatic carbocycles. The van der Waals surface area contributed by atoms with Gasteiger partial charge >= 0.3 is 11.6 Å². The number of imidazole rings is 1. The minimum atomic E-state index is -3.35. The van der Waals surface area contributed by atoms with E-state index in [-0.39, 0.29) is 11.5 Å². The Balaban J connectivity index is 1.91. The zero-order chi connectivity index (χ0) is 20.5. The summed E-state index contributed by atoms with van der Waals surface area (Å²) in [6.45, 7) is 8.57.